The average molecular weight is 596 g/mol. The summed E-state index contributed by atoms with van der Waals surface area (Å²) in [6.45, 7) is 7.92. The van der Waals surface area contributed by atoms with Crippen LogP contribution < -0.4 is 25.0 Å². The number of hydrogen-bond acceptors (Lipinski definition) is 8. The van der Waals surface area contributed by atoms with E-state index in [1.54, 1.807) is 14.2 Å². The molecular formula is C34H49N3O6. The van der Waals surface area contributed by atoms with Crippen LogP contribution in [0.1, 0.15) is 56.1 Å². The second-order valence-corrected chi connectivity index (χ2v) is 12.1. The fourth-order valence-electron chi connectivity index (χ4n) is 6.49. The highest BCUT2D eigenvalue weighted by atomic mass is 16.5. The van der Waals surface area contributed by atoms with Crippen molar-refractivity contribution in [3.05, 3.63) is 53.6 Å². The Morgan fingerprint density at radius 2 is 2.02 bits per heavy atom. The van der Waals surface area contributed by atoms with Gasteiger partial charge in [-0.1, -0.05) is 25.1 Å². The lowest BCUT2D eigenvalue weighted by molar-refractivity contribution is -0.125. The number of fused-ring (bicyclic) bond motifs is 1. The highest BCUT2D eigenvalue weighted by Crippen LogP contribution is 2.35. The first kappa shape index (κ1) is 31.6. The van der Waals surface area contributed by atoms with Crippen LogP contribution in [0.5, 0.6) is 11.5 Å². The molecule has 2 fully saturated rings. The molecule has 0 unspecified atom stereocenters. The molecule has 0 saturated carbocycles. The first-order chi connectivity index (χ1) is 21.0. The van der Waals surface area contributed by atoms with Gasteiger partial charge in [0.15, 0.2) is 0 Å². The molecule has 3 aliphatic rings. The van der Waals surface area contributed by atoms with E-state index in [1.807, 2.05) is 19.1 Å². The molecule has 2 saturated heterocycles. The fraction of sp³-hybridized carbons (Fsp3) is 0.618. The molecule has 3 heterocycles. The van der Waals surface area contributed by atoms with Crippen molar-refractivity contribution in [1.82, 2.24) is 10.6 Å². The van der Waals surface area contributed by atoms with Gasteiger partial charge >= 0.3 is 0 Å². The van der Waals surface area contributed by atoms with Gasteiger partial charge < -0.3 is 39.2 Å². The highest BCUT2D eigenvalue weighted by molar-refractivity contribution is 5.78. The molecule has 2 N–H and O–H groups in total. The van der Waals surface area contributed by atoms with Crippen LogP contribution in [-0.4, -0.2) is 84.4 Å². The van der Waals surface area contributed by atoms with Crippen LogP contribution in [0, 0.1) is 5.92 Å². The first-order valence-electron chi connectivity index (χ1n) is 15.9. The molecule has 9 nitrogen and oxygen atoms in total. The quantitative estimate of drug-likeness (QED) is 0.313. The van der Waals surface area contributed by atoms with Crippen LogP contribution in [0.15, 0.2) is 42.5 Å². The third-order valence-electron chi connectivity index (χ3n) is 8.98. The maximum atomic E-state index is 12.9. The molecule has 236 valence electrons. The number of carbonyl (C=O) groups excluding carboxylic acids is 1. The third-order valence-corrected chi connectivity index (χ3v) is 8.98. The summed E-state index contributed by atoms with van der Waals surface area (Å²) < 4.78 is 28.9. The number of nitrogens with one attached hydrogen (secondary N) is 2. The minimum absolute atomic E-state index is 0.00150. The van der Waals surface area contributed by atoms with E-state index in [2.05, 4.69) is 45.9 Å². The van der Waals surface area contributed by atoms with E-state index in [9.17, 15) is 4.79 Å². The Balaban J connectivity index is 1.22. The maximum absolute atomic E-state index is 12.9. The number of nitrogens with zero attached hydrogens (tertiary/aromatic N) is 1. The lowest BCUT2D eigenvalue weighted by atomic mass is 9.81. The van der Waals surface area contributed by atoms with Crippen LogP contribution in [-0.2, 0) is 25.6 Å². The zero-order chi connectivity index (χ0) is 30.0. The number of carbonyl (C=O) groups is 1. The summed E-state index contributed by atoms with van der Waals surface area (Å²) in [6, 6.07) is 14.9. The van der Waals surface area contributed by atoms with Gasteiger partial charge in [-0.15, -0.1) is 0 Å². The number of hydrogen-bond donors (Lipinski definition) is 2. The van der Waals surface area contributed by atoms with Gasteiger partial charge in [0.1, 0.15) is 18.1 Å². The number of amides is 1. The largest absolute Gasteiger partial charge is 0.497 e. The van der Waals surface area contributed by atoms with E-state index in [0.29, 0.717) is 19.8 Å². The molecule has 0 radical (unpaired) electrons. The minimum Gasteiger partial charge on any atom is -0.497 e. The predicted molar refractivity (Wildman–Crippen MR) is 167 cm³/mol. The summed E-state index contributed by atoms with van der Waals surface area (Å²) in [4.78, 5) is 15.2. The number of piperidine rings is 1. The van der Waals surface area contributed by atoms with Gasteiger partial charge in [0.05, 0.1) is 38.2 Å². The van der Waals surface area contributed by atoms with Gasteiger partial charge in [-0.2, -0.15) is 0 Å². The Hall–Kier alpha value is -2.85. The van der Waals surface area contributed by atoms with Crippen LogP contribution in [0.4, 0.5) is 5.69 Å². The van der Waals surface area contributed by atoms with Crippen molar-refractivity contribution in [3.8, 4) is 11.5 Å². The Labute approximate surface area is 256 Å². The molecule has 0 spiro atoms. The summed E-state index contributed by atoms with van der Waals surface area (Å²) >= 11 is 0. The molecule has 0 bridgehead atoms. The topological polar surface area (TPSA) is 90.5 Å². The van der Waals surface area contributed by atoms with Crippen LogP contribution in [0.2, 0.25) is 0 Å². The van der Waals surface area contributed by atoms with E-state index in [-0.39, 0.29) is 36.0 Å². The highest BCUT2D eigenvalue weighted by Gasteiger charge is 2.34. The molecule has 9 heteroatoms. The van der Waals surface area contributed by atoms with Gasteiger partial charge in [-0.25, -0.2) is 0 Å². The fourth-order valence-corrected chi connectivity index (χ4v) is 6.49. The second-order valence-electron chi connectivity index (χ2n) is 12.1. The van der Waals surface area contributed by atoms with Gasteiger partial charge in [0.25, 0.3) is 0 Å². The van der Waals surface area contributed by atoms with Crippen LogP contribution in [0.25, 0.3) is 0 Å². The molecule has 3 aliphatic heterocycles. The van der Waals surface area contributed by atoms with Crippen molar-refractivity contribution in [2.75, 3.05) is 65.1 Å². The van der Waals surface area contributed by atoms with E-state index < -0.39 is 0 Å². The van der Waals surface area contributed by atoms with Crippen LogP contribution in [0.3, 0.4) is 0 Å². The number of benzene rings is 2. The maximum Gasteiger partial charge on any atom is 0.222 e. The zero-order valence-electron chi connectivity index (χ0n) is 26.0. The van der Waals surface area contributed by atoms with Crippen molar-refractivity contribution in [3.63, 3.8) is 0 Å². The van der Waals surface area contributed by atoms with Crippen molar-refractivity contribution in [1.29, 1.82) is 0 Å². The Kier molecular flexibility index (Phi) is 11.6. The summed E-state index contributed by atoms with van der Waals surface area (Å²) in [6.07, 6.45) is 4.90. The number of methoxy groups -OCH3 is 2. The van der Waals surface area contributed by atoms with Gasteiger partial charge in [-0.3, -0.25) is 4.79 Å². The average Bonchev–Trinajstić information content (AvgIpc) is 3.57. The van der Waals surface area contributed by atoms with Crippen molar-refractivity contribution >= 4 is 11.6 Å². The first-order valence-corrected chi connectivity index (χ1v) is 15.9. The van der Waals surface area contributed by atoms with Gasteiger partial charge in [0.2, 0.25) is 5.91 Å². The summed E-state index contributed by atoms with van der Waals surface area (Å²) in [5, 5.41) is 6.81. The molecule has 1 amide bonds. The molecule has 0 aliphatic carbocycles. The SMILES string of the molecule is COCCCN1CCOc2ccc(CO[C@H]3CN[C@@H](C[C@@H](C)C(=O)NC[C@@H]4CCCO4)C[C@@H]3c3ccc(OC)cc3)cc21. The van der Waals surface area contributed by atoms with Crippen molar-refractivity contribution in [2.24, 2.45) is 5.92 Å². The number of anilines is 1. The molecule has 2 aromatic rings. The standard InChI is InChI=1S/C34H49N3O6/c1-24(34(38)36-21-29-6-4-16-41-29)18-27-20-30(26-8-10-28(40-3)11-9-26)33(22-35-27)43-23-25-7-12-32-31(19-25)37(14-17-42-32)13-5-15-39-2/h7-12,19,24,27,29-30,33,35H,4-6,13-18,20-23H2,1-3H3,(H,36,38)/t24-,27+,29+,30-,33+/m1/s1. The molecule has 2 aromatic carbocycles. The molecular weight excluding hydrogens is 546 g/mol. The third kappa shape index (κ3) is 8.62. The van der Waals surface area contributed by atoms with E-state index >= 15 is 0 Å². The summed E-state index contributed by atoms with van der Waals surface area (Å²) in [5.41, 5.74) is 3.49. The zero-order valence-corrected chi connectivity index (χ0v) is 26.0. The Morgan fingerprint density at radius 1 is 1.16 bits per heavy atom. The van der Waals surface area contributed by atoms with E-state index in [4.69, 9.17) is 23.7 Å². The van der Waals surface area contributed by atoms with E-state index in [1.165, 1.54) is 5.56 Å². The van der Waals surface area contributed by atoms with Gasteiger partial charge in [-0.05, 0) is 67.5 Å². The summed E-state index contributed by atoms with van der Waals surface area (Å²) in [7, 11) is 3.43. The Morgan fingerprint density at radius 3 is 2.79 bits per heavy atom. The normalized spacial score (nSPS) is 24.2. The van der Waals surface area contributed by atoms with Gasteiger partial charge in [0, 0.05) is 57.8 Å². The summed E-state index contributed by atoms with van der Waals surface area (Å²) in [5.74, 6) is 1.99. The number of ether oxygens (including phenoxy) is 5. The Bertz CT molecular complexity index is 1160. The molecule has 5 atom stereocenters. The van der Waals surface area contributed by atoms with Crippen LogP contribution >= 0.6 is 0 Å². The lowest BCUT2D eigenvalue weighted by Crippen LogP contribution is -2.48. The monoisotopic (exact) mass is 595 g/mol. The molecule has 0 aromatic heterocycles. The van der Waals surface area contributed by atoms with Crippen molar-refractivity contribution in [2.45, 2.75) is 69.8 Å². The molecule has 5 rings (SSSR count). The number of rotatable bonds is 14. The second kappa shape index (κ2) is 15.7. The lowest BCUT2D eigenvalue weighted by Gasteiger charge is -2.38. The van der Waals surface area contributed by atoms with E-state index in [0.717, 1.165) is 87.7 Å². The predicted octanol–water partition coefficient (Wildman–Crippen LogP) is 4.28. The minimum atomic E-state index is -0.0857. The van der Waals surface area contributed by atoms with Crippen molar-refractivity contribution < 1.29 is 28.5 Å². The smallest absolute Gasteiger partial charge is 0.222 e. The molecule has 43 heavy (non-hydrogen) atoms.